The van der Waals surface area contributed by atoms with Crippen molar-refractivity contribution in [3.63, 3.8) is 0 Å². The van der Waals surface area contributed by atoms with Gasteiger partial charge in [-0.15, -0.1) is 0 Å². The van der Waals surface area contributed by atoms with Crippen LogP contribution in [0.5, 0.6) is 5.75 Å². The van der Waals surface area contributed by atoms with Crippen LogP contribution in [0.15, 0.2) is 41.3 Å². The van der Waals surface area contributed by atoms with E-state index in [1.807, 2.05) is 14.0 Å². The first-order valence-corrected chi connectivity index (χ1v) is 16.0. The number of sulfonamides is 1. The average Bonchev–Trinajstić information content (AvgIpc) is 3.36. The van der Waals surface area contributed by atoms with Crippen LogP contribution in [0.2, 0.25) is 0 Å². The Kier molecular flexibility index (Phi) is 13.5. The molecule has 0 N–H and O–H groups in total. The topological polar surface area (TPSA) is 90.5 Å². The highest BCUT2D eigenvalue weighted by Gasteiger charge is 2.27. The van der Waals surface area contributed by atoms with Gasteiger partial charge in [0.05, 0.1) is 18.6 Å². The summed E-state index contributed by atoms with van der Waals surface area (Å²) >= 11 is 0. The molecule has 0 spiro atoms. The van der Waals surface area contributed by atoms with Crippen molar-refractivity contribution in [2.75, 3.05) is 59.8 Å². The molecule has 234 valence electrons. The van der Waals surface area contributed by atoms with E-state index in [1.165, 1.54) is 38.2 Å². The van der Waals surface area contributed by atoms with Gasteiger partial charge >= 0.3 is 0 Å². The Labute approximate surface area is 253 Å². The molecule has 1 aliphatic heterocycles. The Morgan fingerprint density at radius 1 is 1.02 bits per heavy atom. The molecule has 1 heterocycles. The minimum atomic E-state index is -3.68. The third-order valence-corrected chi connectivity index (χ3v) is 9.55. The third-order valence-electron chi connectivity index (χ3n) is 7.44. The molecule has 0 radical (unpaired) electrons. The molecule has 1 aliphatic rings. The summed E-state index contributed by atoms with van der Waals surface area (Å²) in [5, 5.41) is 0. The summed E-state index contributed by atoms with van der Waals surface area (Å²) in [6.45, 7) is 9.78. The number of nitrogens with zero attached hydrogens (tertiary/aromatic N) is 4. The van der Waals surface area contributed by atoms with Crippen molar-refractivity contribution in [2.24, 2.45) is 0 Å². The highest BCUT2D eigenvalue weighted by atomic mass is 32.2. The number of hydrogen-bond acceptors (Lipinski definition) is 7. The van der Waals surface area contributed by atoms with E-state index < -0.39 is 10.0 Å². The van der Waals surface area contributed by atoms with E-state index in [9.17, 15) is 18.0 Å². The maximum Gasteiger partial charge on any atom is 0.243 e. The molecule has 1 saturated heterocycles. The van der Waals surface area contributed by atoms with Gasteiger partial charge in [0.2, 0.25) is 15.9 Å². The van der Waals surface area contributed by atoms with Gasteiger partial charge in [0.1, 0.15) is 11.5 Å². The molecule has 1 fully saturated rings. The van der Waals surface area contributed by atoms with Crippen molar-refractivity contribution in [3.05, 3.63) is 53.1 Å². The summed E-state index contributed by atoms with van der Waals surface area (Å²) in [5.74, 6) is 0.644. The average molecular weight is 603 g/mol. The van der Waals surface area contributed by atoms with E-state index in [0.717, 1.165) is 17.4 Å². The zero-order valence-electron chi connectivity index (χ0n) is 26.9. The fourth-order valence-corrected chi connectivity index (χ4v) is 6.80. The normalized spacial score (nSPS) is 15.0. The first-order valence-electron chi connectivity index (χ1n) is 14.6. The number of Topliss-reactive ketones (excluding diaryl/α,β-unsaturated/α-hetero) is 1. The molecular weight excluding hydrogens is 552 g/mol. The van der Waals surface area contributed by atoms with Crippen molar-refractivity contribution in [3.8, 4) is 5.75 Å². The predicted molar refractivity (Wildman–Crippen MR) is 170 cm³/mol. The Bertz CT molecular complexity index is 1270. The Morgan fingerprint density at radius 2 is 1.62 bits per heavy atom. The number of aryl methyl sites for hydroxylation is 2. The highest BCUT2D eigenvalue weighted by Crippen LogP contribution is 2.28. The summed E-state index contributed by atoms with van der Waals surface area (Å²) in [4.78, 5) is 29.7. The van der Waals surface area contributed by atoms with E-state index >= 15 is 0 Å². The number of amides is 1. The van der Waals surface area contributed by atoms with E-state index in [2.05, 4.69) is 48.2 Å². The predicted octanol–water partition coefficient (Wildman–Crippen LogP) is 4.50. The second-order valence-electron chi connectivity index (χ2n) is 11.4. The first-order chi connectivity index (χ1) is 19.7. The number of methoxy groups -OCH3 is 1. The van der Waals surface area contributed by atoms with Crippen molar-refractivity contribution >= 4 is 27.4 Å². The summed E-state index contributed by atoms with van der Waals surface area (Å²) in [7, 11) is 5.40. The molecular formula is C32H50N4O5S. The Morgan fingerprint density at radius 3 is 2.12 bits per heavy atom. The van der Waals surface area contributed by atoms with Gasteiger partial charge in [0.25, 0.3) is 0 Å². The van der Waals surface area contributed by atoms with Gasteiger partial charge in [-0.2, -0.15) is 4.31 Å². The lowest BCUT2D eigenvalue weighted by molar-refractivity contribution is -0.128. The molecule has 9 nitrogen and oxygen atoms in total. The molecule has 2 aromatic carbocycles. The van der Waals surface area contributed by atoms with E-state index in [1.54, 1.807) is 37.8 Å². The van der Waals surface area contributed by atoms with Crippen LogP contribution in [0, 0.1) is 13.8 Å². The number of ether oxygens (including phenoxy) is 1. The molecule has 10 heteroatoms. The molecule has 1 atom stereocenters. The summed E-state index contributed by atoms with van der Waals surface area (Å²) in [6, 6.07) is 12.6. The largest absolute Gasteiger partial charge is 0.497 e. The van der Waals surface area contributed by atoms with Gasteiger partial charge in [-0.05, 0) is 88.2 Å². The Balaban J connectivity index is 0.000000293. The molecule has 1 unspecified atom stereocenters. The molecule has 3 rings (SSSR count). The molecule has 42 heavy (non-hydrogen) atoms. The molecule has 0 aliphatic carbocycles. The SMILES string of the molecule is CC(=O)N(C)Cc1ccc(N2CCCC2CN(C)C)cc1.CCCC(=O)CN(C)S(=O)(=O)c1c(C)cc(OC)cc1C. The van der Waals surface area contributed by atoms with Gasteiger partial charge in [-0.1, -0.05) is 19.1 Å². The summed E-state index contributed by atoms with van der Waals surface area (Å²) in [6.07, 6.45) is 3.65. The van der Waals surface area contributed by atoms with E-state index in [4.69, 9.17) is 4.74 Å². The lowest BCUT2D eigenvalue weighted by Crippen LogP contribution is -2.37. The first kappa shape index (κ1) is 35.2. The van der Waals surface area contributed by atoms with Crippen molar-refractivity contribution in [1.82, 2.24) is 14.1 Å². The van der Waals surface area contributed by atoms with Gasteiger partial charge in [-0.25, -0.2) is 8.42 Å². The van der Waals surface area contributed by atoms with Crippen LogP contribution in [0.4, 0.5) is 5.69 Å². The smallest absolute Gasteiger partial charge is 0.243 e. The number of rotatable bonds is 12. The van der Waals surface area contributed by atoms with Crippen LogP contribution in [-0.2, 0) is 26.2 Å². The number of hydrogen-bond donors (Lipinski definition) is 0. The number of carbonyl (C=O) groups is 2. The number of likely N-dealkylation sites (N-methyl/N-ethyl adjacent to an activating group) is 2. The standard InChI is InChI=1S/C17H27N3O.C15H23NO4S/c1-14(21)19(4)12-15-7-9-16(10-8-15)20-11-5-6-17(20)13-18(2)3;1-6-7-13(17)10-16(4)21(18,19)15-11(2)8-14(20-5)9-12(15)3/h7-10,17H,5-6,11-13H2,1-4H3;8-9H,6-7,10H2,1-5H3. The summed E-state index contributed by atoms with van der Waals surface area (Å²) < 4.78 is 31.5. The Hall–Kier alpha value is -2.95. The molecule has 0 bridgehead atoms. The monoisotopic (exact) mass is 602 g/mol. The van der Waals surface area contributed by atoms with Crippen molar-refractivity contribution in [2.45, 2.75) is 70.9 Å². The lowest BCUT2D eigenvalue weighted by Gasteiger charge is -2.29. The maximum atomic E-state index is 12.6. The highest BCUT2D eigenvalue weighted by molar-refractivity contribution is 7.89. The second-order valence-corrected chi connectivity index (χ2v) is 13.4. The van der Waals surface area contributed by atoms with Crippen LogP contribution in [0.3, 0.4) is 0 Å². The quantitative estimate of drug-likeness (QED) is 0.354. The third kappa shape index (κ3) is 9.81. The van der Waals surface area contributed by atoms with Crippen LogP contribution in [0.1, 0.15) is 56.2 Å². The van der Waals surface area contributed by atoms with E-state index in [-0.39, 0.29) is 23.1 Å². The van der Waals surface area contributed by atoms with Gasteiger partial charge in [0.15, 0.2) is 0 Å². The minimum Gasteiger partial charge on any atom is -0.497 e. The van der Waals surface area contributed by atoms with E-state index in [0.29, 0.717) is 42.3 Å². The fraction of sp³-hybridized carbons (Fsp3) is 0.562. The van der Waals surface area contributed by atoms with Gasteiger partial charge < -0.3 is 19.4 Å². The number of anilines is 1. The fourth-order valence-electron chi connectivity index (χ4n) is 5.25. The van der Waals surface area contributed by atoms with Gasteiger partial charge in [-0.3, -0.25) is 9.59 Å². The number of benzene rings is 2. The zero-order valence-corrected chi connectivity index (χ0v) is 27.8. The molecule has 1 amide bonds. The zero-order chi connectivity index (χ0) is 31.6. The number of carbonyl (C=O) groups excluding carboxylic acids is 2. The summed E-state index contributed by atoms with van der Waals surface area (Å²) in [5.41, 5.74) is 3.71. The van der Waals surface area contributed by atoms with Crippen LogP contribution >= 0.6 is 0 Å². The molecule has 0 aromatic heterocycles. The number of ketones is 1. The van der Waals surface area contributed by atoms with Crippen LogP contribution in [-0.4, -0.2) is 95.2 Å². The van der Waals surface area contributed by atoms with Crippen molar-refractivity contribution < 1.29 is 22.7 Å². The van der Waals surface area contributed by atoms with Crippen LogP contribution < -0.4 is 9.64 Å². The molecule has 0 saturated carbocycles. The maximum absolute atomic E-state index is 12.6. The van der Waals surface area contributed by atoms with Crippen molar-refractivity contribution in [1.29, 1.82) is 0 Å². The minimum absolute atomic E-state index is 0.0765. The van der Waals surface area contributed by atoms with Crippen LogP contribution in [0.25, 0.3) is 0 Å². The lowest BCUT2D eigenvalue weighted by atomic mass is 10.1. The van der Waals surface area contributed by atoms with Gasteiger partial charge in [0, 0.05) is 58.8 Å². The molecule has 2 aromatic rings. The second kappa shape index (κ2) is 16.0.